The standard InChI is InChI=1S/C11H13N3O5S/c15-11(10-2-1-7-12-10)13-20(18,19)9-5-3-8(4-6-9)14(16)17/h3-6,10,12H,1-2,7H2,(H,13,15)/t10-/m0/s1. The molecule has 2 N–H and O–H groups in total. The maximum Gasteiger partial charge on any atom is 0.269 e. The summed E-state index contributed by atoms with van der Waals surface area (Å²) in [6, 6.07) is 3.83. The highest BCUT2D eigenvalue weighted by Crippen LogP contribution is 2.16. The summed E-state index contributed by atoms with van der Waals surface area (Å²) in [4.78, 5) is 21.4. The van der Waals surface area contributed by atoms with E-state index in [9.17, 15) is 23.3 Å². The number of carbonyl (C=O) groups excluding carboxylic acids is 1. The first-order valence-electron chi connectivity index (χ1n) is 5.94. The highest BCUT2D eigenvalue weighted by molar-refractivity contribution is 7.90. The number of nitro groups is 1. The van der Waals surface area contributed by atoms with E-state index in [1.165, 1.54) is 0 Å². The van der Waals surface area contributed by atoms with Crippen molar-refractivity contribution in [2.75, 3.05) is 6.54 Å². The van der Waals surface area contributed by atoms with Gasteiger partial charge in [-0.15, -0.1) is 0 Å². The van der Waals surface area contributed by atoms with Crippen LogP contribution in [0.15, 0.2) is 29.2 Å². The van der Waals surface area contributed by atoms with Crippen LogP contribution in [0, 0.1) is 10.1 Å². The van der Waals surface area contributed by atoms with Gasteiger partial charge in [0.2, 0.25) is 0 Å². The molecule has 1 atom stereocenters. The molecule has 1 saturated heterocycles. The van der Waals surface area contributed by atoms with Gasteiger partial charge in [-0.25, -0.2) is 13.1 Å². The molecule has 8 nitrogen and oxygen atoms in total. The van der Waals surface area contributed by atoms with Gasteiger partial charge in [-0.05, 0) is 31.5 Å². The van der Waals surface area contributed by atoms with Crippen LogP contribution < -0.4 is 10.0 Å². The Morgan fingerprint density at radius 3 is 2.50 bits per heavy atom. The van der Waals surface area contributed by atoms with Gasteiger partial charge in [0.1, 0.15) is 0 Å². The number of hydrogen-bond acceptors (Lipinski definition) is 6. The van der Waals surface area contributed by atoms with Crippen molar-refractivity contribution in [3.8, 4) is 0 Å². The molecule has 0 spiro atoms. The molecule has 9 heteroatoms. The van der Waals surface area contributed by atoms with Crippen LogP contribution in [0.1, 0.15) is 12.8 Å². The summed E-state index contributed by atoms with van der Waals surface area (Å²) in [7, 11) is -4.00. The van der Waals surface area contributed by atoms with Gasteiger partial charge in [0.25, 0.3) is 21.6 Å². The third kappa shape index (κ3) is 3.11. The molecule has 2 rings (SSSR count). The van der Waals surface area contributed by atoms with Crippen LogP contribution in [-0.2, 0) is 14.8 Å². The summed E-state index contributed by atoms with van der Waals surface area (Å²) < 4.78 is 25.9. The van der Waals surface area contributed by atoms with Crippen molar-refractivity contribution in [1.29, 1.82) is 0 Å². The van der Waals surface area contributed by atoms with Crippen molar-refractivity contribution < 1.29 is 18.1 Å². The number of nitrogens with zero attached hydrogens (tertiary/aromatic N) is 1. The zero-order valence-corrected chi connectivity index (χ0v) is 11.2. The Morgan fingerprint density at radius 1 is 1.35 bits per heavy atom. The first-order chi connectivity index (χ1) is 9.40. The normalized spacial score (nSPS) is 18.7. The van der Waals surface area contributed by atoms with Crippen LogP contribution in [0.5, 0.6) is 0 Å². The lowest BCUT2D eigenvalue weighted by molar-refractivity contribution is -0.384. The third-order valence-electron chi connectivity index (χ3n) is 2.97. The number of amides is 1. The van der Waals surface area contributed by atoms with E-state index in [1.54, 1.807) is 0 Å². The van der Waals surface area contributed by atoms with Gasteiger partial charge in [-0.3, -0.25) is 14.9 Å². The SMILES string of the molecule is O=C(NS(=O)(=O)c1ccc([N+](=O)[O-])cc1)[C@@H]1CCCN1. The lowest BCUT2D eigenvalue weighted by Crippen LogP contribution is -2.43. The number of rotatable bonds is 4. The highest BCUT2D eigenvalue weighted by Gasteiger charge is 2.26. The van der Waals surface area contributed by atoms with Crippen molar-refractivity contribution in [3.05, 3.63) is 34.4 Å². The van der Waals surface area contributed by atoms with E-state index in [1.807, 2.05) is 4.72 Å². The van der Waals surface area contributed by atoms with Gasteiger partial charge in [0, 0.05) is 12.1 Å². The summed E-state index contributed by atoms with van der Waals surface area (Å²) in [6.07, 6.45) is 1.40. The van der Waals surface area contributed by atoms with Crippen molar-refractivity contribution in [2.24, 2.45) is 0 Å². The van der Waals surface area contributed by atoms with Crippen LogP contribution in [0.3, 0.4) is 0 Å². The number of sulfonamides is 1. The predicted molar refractivity (Wildman–Crippen MR) is 69.4 cm³/mol. The molecule has 1 aliphatic heterocycles. The number of non-ortho nitro benzene ring substituents is 1. The number of benzene rings is 1. The van der Waals surface area contributed by atoms with Gasteiger partial charge < -0.3 is 5.32 Å². The molecule has 20 heavy (non-hydrogen) atoms. The fourth-order valence-electron chi connectivity index (χ4n) is 1.92. The van der Waals surface area contributed by atoms with Crippen LogP contribution in [0.4, 0.5) is 5.69 Å². The average molecular weight is 299 g/mol. The lowest BCUT2D eigenvalue weighted by Gasteiger charge is -2.11. The van der Waals surface area contributed by atoms with E-state index in [2.05, 4.69) is 5.32 Å². The summed E-state index contributed by atoms with van der Waals surface area (Å²) in [6.45, 7) is 0.676. The molecule has 0 aliphatic carbocycles. The molecular weight excluding hydrogens is 286 g/mol. The van der Waals surface area contributed by atoms with Crippen LogP contribution in [-0.4, -0.2) is 31.8 Å². The second-order valence-corrected chi connectivity index (χ2v) is 6.05. The van der Waals surface area contributed by atoms with Gasteiger partial charge in [0.15, 0.2) is 0 Å². The monoisotopic (exact) mass is 299 g/mol. The average Bonchev–Trinajstić information content (AvgIpc) is 2.92. The maximum absolute atomic E-state index is 12.0. The molecule has 0 saturated carbocycles. The fraction of sp³-hybridized carbons (Fsp3) is 0.364. The Bertz CT molecular complexity index is 620. The quantitative estimate of drug-likeness (QED) is 0.603. The predicted octanol–water partition coefficient (Wildman–Crippen LogP) is 0.152. The molecule has 0 bridgehead atoms. The van der Waals surface area contributed by atoms with Gasteiger partial charge >= 0.3 is 0 Å². The number of nitro benzene ring substituents is 1. The first-order valence-corrected chi connectivity index (χ1v) is 7.43. The Hall–Kier alpha value is -2.00. The minimum absolute atomic E-state index is 0.186. The lowest BCUT2D eigenvalue weighted by atomic mass is 10.2. The van der Waals surface area contributed by atoms with E-state index in [4.69, 9.17) is 0 Å². The molecule has 0 aromatic heterocycles. The second-order valence-electron chi connectivity index (χ2n) is 4.37. The second kappa shape index (κ2) is 5.55. The van der Waals surface area contributed by atoms with Gasteiger partial charge in [0.05, 0.1) is 15.9 Å². The van der Waals surface area contributed by atoms with E-state index in [-0.39, 0.29) is 10.6 Å². The molecule has 0 radical (unpaired) electrons. The Kier molecular flexibility index (Phi) is 4.00. The Labute approximate surface area is 115 Å². The summed E-state index contributed by atoms with van der Waals surface area (Å²) in [5.74, 6) is -0.610. The van der Waals surface area contributed by atoms with Crippen molar-refractivity contribution in [1.82, 2.24) is 10.0 Å². The molecule has 0 unspecified atom stereocenters. The van der Waals surface area contributed by atoms with E-state index in [0.29, 0.717) is 13.0 Å². The summed E-state index contributed by atoms with van der Waals surface area (Å²) in [5, 5.41) is 13.4. The maximum atomic E-state index is 12.0. The summed E-state index contributed by atoms with van der Waals surface area (Å²) in [5.41, 5.74) is -0.215. The largest absolute Gasteiger partial charge is 0.306 e. The van der Waals surface area contributed by atoms with Crippen LogP contribution >= 0.6 is 0 Å². The number of hydrogen-bond donors (Lipinski definition) is 2. The van der Waals surface area contributed by atoms with Crippen LogP contribution in [0.2, 0.25) is 0 Å². The topological polar surface area (TPSA) is 118 Å². The molecular formula is C11H13N3O5S. The zero-order chi connectivity index (χ0) is 14.8. The van der Waals surface area contributed by atoms with E-state index in [0.717, 1.165) is 30.7 Å². The third-order valence-corrected chi connectivity index (χ3v) is 4.33. The number of carbonyl (C=O) groups is 1. The molecule has 1 aromatic rings. The fourth-order valence-corrected chi connectivity index (χ4v) is 2.94. The van der Waals surface area contributed by atoms with Crippen molar-refractivity contribution in [2.45, 2.75) is 23.8 Å². The molecule has 1 fully saturated rings. The smallest absolute Gasteiger partial charge is 0.269 e. The van der Waals surface area contributed by atoms with E-state index < -0.39 is 26.9 Å². The molecule has 1 amide bonds. The summed E-state index contributed by atoms with van der Waals surface area (Å²) >= 11 is 0. The molecule has 1 aliphatic rings. The minimum atomic E-state index is -4.00. The number of nitrogens with one attached hydrogen (secondary N) is 2. The van der Waals surface area contributed by atoms with Crippen molar-refractivity contribution >= 4 is 21.6 Å². The molecule has 1 heterocycles. The van der Waals surface area contributed by atoms with Gasteiger partial charge in [-0.2, -0.15) is 0 Å². The van der Waals surface area contributed by atoms with Gasteiger partial charge in [-0.1, -0.05) is 0 Å². The van der Waals surface area contributed by atoms with E-state index >= 15 is 0 Å². The molecule has 1 aromatic carbocycles. The first kappa shape index (κ1) is 14.4. The van der Waals surface area contributed by atoms with Crippen molar-refractivity contribution in [3.63, 3.8) is 0 Å². The highest BCUT2D eigenvalue weighted by atomic mass is 32.2. The van der Waals surface area contributed by atoms with Crippen LogP contribution in [0.25, 0.3) is 0 Å². The Balaban J connectivity index is 2.13. The Morgan fingerprint density at radius 2 is 2.00 bits per heavy atom. The molecule has 108 valence electrons. The zero-order valence-electron chi connectivity index (χ0n) is 10.4. The minimum Gasteiger partial charge on any atom is -0.306 e.